The van der Waals surface area contributed by atoms with E-state index in [-0.39, 0.29) is 24.0 Å². The number of aryl methyl sites for hydroxylation is 2. The van der Waals surface area contributed by atoms with E-state index in [4.69, 9.17) is 4.74 Å². The molecule has 3 rings (SSSR count). The summed E-state index contributed by atoms with van der Waals surface area (Å²) in [6.45, 7) is 5.66. The third kappa shape index (κ3) is 6.41. The van der Waals surface area contributed by atoms with E-state index in [0.717, 1.165) is 69.5 Å². The molecule has 2 aromatic rings. The maximum Gasteiger partial charge on any atom is 0.190 e. The van der Waals surface area contributed by atoms with Gasteiger partial charge in [0.1, 0.15) is 11.6 Å². The normalized spacial score (nSPS) is 12.9. The Bertz CT molecular complexity index is 744. The van der Waals surface area contributed by atoms with Gasteiger partial charge < -0.3 is 19.9 Å². The first kappa shape index (κ1) is 21.5. The van der Waals surface area contributed by atoms with Gasteiger partial charge >= 0.3 is 0 Å². The Morgan fingerprint density at radius 2 is 2.11 bits per heavy atom. The third-order valence-corrected chi connectivity index (χ3v) is 4.73. The lowest BCUT2D eigenvalue weighted by molar-refractivity contribution is 0.357. The predicted octanol–water partition coefficient (Wildman–Crippen LogP) is 2.93. The third-order valence-electron chi connectivity index (χ3n) is 4.73. The van der Waals surface area contributed by atoms with Crippen LogP contribution in [-0.2, 0) is 19.4 Å². The summed E-state index contributed by atoms with van der Waals surface area (Å²) in [4.78, 5) is 8.54. The minimum atomic E-state index is 0. The topological polar surface area (TPSA) is 63.5 Å². The molecule has 1 aromatic heterocycles. The Morgan fingerprint density at radius 3 is 2.89 bits per heavy atom. The molecule has 0 unspecified atom stereocenters. The largest absolute Gasteiger partial charge is 0.493 e. The molecule has 0 fully saturated rings. The minimum absolute atomic E-state index is 0. The quantitative estimate of drug-likeness (QED) is 0.262. The van der Waals surface area contributed by atoms with Gasteiger partial charge in [-0.25, -0.2) is 4.98 Å². The number of hydrogen-bond acceptors (Lipinski definition) is 3. The highest BCUT2D eigenvalue weighted by molar-refractivity contribution is 14.0. The summed E-state index contributed by atoms with van der Waals surface area (Å²) in [5.74, 6) is 2.99. The Morgan fingerprint density at radius 1 is 1.26 bits per heavy atom. The Balaban J connectivity index is 0.00000261. The number of aromatic nitrogens is 2. The number of guanidine groups is 1. The van der Waals surface area contributed by atoms with E-state index in [0.29, 0.717) is 0 Å². The van der Waals surface area contributed by atoms with Crippen LogP contribution < -0.4 is 15.4 Å². The van der Waals surface area contributed by atoms with Crippen LogP contribution in [0.2, 0.25) is 0 Å². The first-order chi connectivity index (χ1) is 12.8. The standard InChI is InChI=1S/C20H29N5O.HI/c1-16-22-11-13-25(16)12-4-3-9-23-20(21-2)24-10-7-17-5-6-19-18(15-17)8-14-26-19;/h5-6,11,13,15H,3-4,7-10,12,14H2,1-2H3,(H2,21,23,24);1H. The van der Waals surface area contributed by atoms with Crippen molar-refractivity contribution in [1.82, 2.24) is 20.2 Å². The Kier molecular flexibility index (Phi) is 8.90. The highest BCUT2D eigenvalue weighted by Gasteiger charge is 2.11. The van der Waals surface area contributed by atoms with Crippen molar-refractivity contribution in [3.8, 4) is 5.75 Å². The average molecular weight is 483 g/mol. The lowest BCUT2D eigenvalue weighted by Crippen LogP contribution is -2.38. The number of hydrogen-bond donors (Lipinski definition) is 2. The SMILES string of the molecule is CN=C(NCCCCn1ccnc1C)NCCc1ccc2c(c1)CCO2.I. The summed E-state index contributed by atoms with van der Waals surface area (Å²) in [6.07, 6.45) is 8.12. The molecule has 0 saturated carbocycles. The second kappa shape index (κ2) is 11.2. The molecule has 0 atom stereocenters. The molecule has 148 valence electrons. The monoisotopic (exact) mass is 483 g/mol. The number of aliphatic imine (C=N–C) groups is 1. The summed E-state index contributed by atoms with van der Waals surface area (Å²) < 4.78 is 7.75. The minimum Gasteiger partial charge on any atom is -0.493 e. The molecule has 0 spiro atoms. The van der Waals surface area contributed by atoms with Gasteiger partial charge in [0.05, 0.1) is 6.61 Å². The number of ether oxygens (including phenoxy) is 1. The number of nitrogens with zero attached hydrogens (tertiary/aromatic N) is 3. The zero-order chi connectivity index (χ0) is 18.2. The van der Waals surface area contributed by atoms with Gasteiger partial charge in [-0.05, 0) is 43.4 Å². The molecule has 2 heterocycles. The van der Waals surface area contributed by atoms with Gasteiger partial charge in [-0.15, -0.1) is 24.0 Å². The highest BCUT2D eigenvalue weighted by Crippen LogP contribution is 2.25. The van der Waals surface area contributed by atoms with E-state index in [1.54, 1.807) is 0 Å². The summed E-state index contributed by atoms with van der Waals surface area (Å²) in [7, 11) is 1.82. The molecule has 0 amide bonds. The number of benzene rings is 1. The van der Waals surface area contributed by atoms with Crippen LogP contribution in [0.25, 0.3) is 0 Å². The van der Waals surface area contributed by atoms with Crippen molar-refractivity contribution in [3.63, 3.8) is 0 Å². The van der Waals surface area contributed by atoms with Gasteiger partial charge in [-0.2, -0.15) is 0 Å². The second-order valence-corrected chi connectivity index (χ2v) is 6.59. The lowest BCUT2D eigenvalue weighted by Gasteiger charge is -2.12. The number of nitrogens with one attached hydrogen (secondary N) is 2. The van der Waals surface area contributed by atoms with E-state index in [2.05, 4.69) is 43.4 Å². The van der Waals surface area contributed by atoms with E-state index >= 15 is 0 Å². The predicted molar refractivity (Wildman–Crippen MR) is 120 cm³/mol. The van der Waals surface area contributed by atoms with Crippen molar-refractivity contribution in [1.29, 1.82) is 0 Å². The van der Waals surface area contributed by atoms with Crippen LogP contribution in [0.4, 0.5) is 0 Å². The zero-order valence-corrected chi connectivity index (χ0v) is 18.5. The number of fused-ring (bicyclic) bond motifs is 1. The molecule has 1 aliphatic heterocycles. The molecule has 2 N–H and O–H groups in total. The van der Waals surface area contributed by atoms with Gasteiger partial charge in [-0.1, -0.05) is 12.1 Å². The fraction of sp³-hybridized carbons (Fsp3) is 0.500. The van der Waals surface area contributed by atoms with Gasteiger partial charge in [0.2, 0.25) is 0 Å². The number of unbranched alkanes of at least 4 members (excludes halogenated alkanes) is 1. The first-order valence-electron chi connectivity index (χ1n) is 9.43. The van der Waals surface area contributed by atoms with Crippen LogP contribution in [0.1, 0.15) is 29.8 Å². The van der Waals surface area contributed by atoms with Gasteiger partial charge in [0, 0.05) is 45.5 Å². The smallest absolute Gasteiger partial charge is 0.190 e. The van der Waals surface area contributed by atoms with Gasteiger partial charge in [0.25, 0.3) is 0 Å². The van der Waals surface area contributed by atoms with E-state index in [9.17, 15) is 0 Å². The lowest BCUT2D eigenvalue weighted by atomic mass is 10.1. The highest BCUT2D eigenvalue weighted by atomic mass is 127. The molecule has 0 aliphatic carbocycles. The van der Waals surface area contributed by atoms with Crippen LogP contribution in [0.15, 0.2) is 35.6 Å². The molecule has 6 nitrogen and oxygen atoms in total. The average Bonchev–Trinajstić information content (AvgIpc) is 3.28. The molecular weight excluding hydrogens is 453 g/mol. The van der Waals surface area contributed by atoms with Crippen molar-refractivity contribution >= 4 is 29.9 Å². The van der Waals surface area contributed by atoms with Crippen molar-refractivity contribution in [2.75, 3.05) is 26.7 Å². The molecular formula is C20H30IN5O. The van der Waals surface area contributed by atoms with E-state index in [1.165, 1.54) is 11.1 Å². The van der Waals surface area contributed by atoms with Crippen molar-refractivity contribution < 1.29 is 4.74 Å². The fourth-order valence-corrected chi connectivity index (χ4v) is 3.20. The molecule has 0 saturated heterocycles. The van der Waals surface area contributed by atoms with Crippen molar-refractivity contribution in [3.05, 3.63) is 47.5 Å². The Labute approximate surface area is 178 Å². The van der Waals surface area contributed by atoms with Gasteiger partial charge in [-0.3, -0.25) is 4.99 Å². The van der Waals surface area contributed by atoms with Crippen LogP contribution in [0, 0.1) is 6.92 Å². The van der Waals surface area contributed by atoms with E-state index in [1.807, 2.05) is 26.4 Å². The van der Waals surface area contributed by atoms with Crippen molar-refractivity contribution in [2.45, 2.75) is 39.2 Å². The molecule has 1 aromatic carbocycles. The van der Waals surface area contributed by atoms with Crippen LogP contribution in [0.5, 0.6) is 5.75 Å². The molecule has 7 heteroatoms. The molecule has 27 heavy (non-hydrogen) atoms. The first-order valence-corrected chi connectivity index (χ1v) is 9.43. The number of rotatable bonds is 8. The Hall–Kier alpha value is -1.77. The summed E-state index contributed by atoms with van der Waals surface area (Å²) in [5.41, 5.74) is 2.67. The number of imidazole rings is 1. The van der Waals surface area contributed by atoms with Crippen LogP contribution >= 0.6 is 24.0 Å². The second-order valence-electron chi connectivity index (χ2n) is 6.59. The molecule has 1 aliphatic rings. The maximum atomic E-state index is 5.56. The molecule has 0 radical (unpaired) electrons. The summed E-state index contributed by atoms with van der Waals surface area (Å²) in [5, 5.41) is 6.78. The summed E-state index contributed by atoms with van der Waals surface area (Å²) in [6, 6.07) is 6.51. The maximum absolute atomic E-state index is 5.56. The van der Waals surface area contributed by atoms with E-state index < -0.39 is 0 Å². The van der Waals surface area contributed by atoms with Crippen LogP contribution in [-0.4, -0.2) is 42.3 Å². The van der Waals surface area contributed by atoms with Gasteiger partial charge in [0.15, 0.2) is 5.96 Å². The number of halogens is 1. The zero-order valence-electron chi connectivity index (χ0n) is 16.2. The van der Waals surface area contributed by atoms with Crippen molar-refractivity contribution in [2.24, 2.45) is 4.99 Å². The van der Waals surface area contributed by atoms with Crippen LogP contribution in [0.3, 0.4) is 0 Å². The molecule has 0 bridgehead atoms. The summed E-state index contributed by atoms with van der Waals surface area (Å²) >= 11 is 0. The fourth-order valence-electron chi connectivity index (χ4n) is 3.20.